The number of fused-ring (bicyclic) bond motifs is 1. The maximum Gasteiger partial charge on any atom is 0.262 e. The normalized spacial score (nSPS) is 12.8. The Bertz CT molecular complexity index is 713. The molecule has 1 aliphatic heterocycles. The highest BCUT2D eigenvalue weighted by molar-refractivity contribution is 5.95. The fourth-order valence-corrected chi connectivity index (χ4v) is 2.43. The van der Waals surface area contributed by atoms with Gasteiger partial charge in [0.1, 0.15) is 5.75 Å². The Morgan fingerprint density at radius 2 is 1.96 bits per heavy atom. The third-order valence-corrected chi connectivity index (χ3v) is 3.65. The van der Waals surface area contributed by atoms with Gasteiger partial charge in [0.05, 0.1) is 5.69 Å². The van der Waals surface area contributed by atoms with Crippen molar-refractivity contribution >= 4 is 17.5 Å². The van der Waals surface area contributed by atoms with E-state index in [1.807, 2.05) is 42.5 Å². The monoisotopic (exact) mass is 310 g/mol. The maximum absolute atomic E-state index is 11.9. The average Bonchev–Trinajstić information content (AvgIpc) is 2.58. The molecule has 118 valence electrons. The quantitative estimate of drug-likeness (QED) is 0.890. The van der Waals surface area contributed by atoms with Gasteiger partial charge in [-0.2, -0.15) is 0 Å². The zero-order valence-electron chi connectivity index (χ0n) is 12.7. The van der Waals surface area contributed by atoms with Crippen LogP contribution in [0.3, 0.4) is 0 Å². The first-order valence-corrected chi connectivity index (χ1v) is 7.57. The number of hydrogen-bond donors (Lipinski definition) is 2. The molecular weight excluding hydrogens is 292 g/mol. The van der Waals surface area contributed by atoms with Gasteiger partial charge in [0, 0.05) is 13.0 Å². The van der Waals surface area contributed by atoms with Gasteiger partial charge in [-0.25, -0.2) is 0 Å². The molecule has 0 aliphatic carbocycles. The van der Waals surface area contributed by atoms with Gasteiger partial charge in [-0.15, -0.1) is 0 Å². The van der Waals surface area contributed by atoms with Gasteiger partial charge in [-0.3, -0.25) is 9.59 Å². The molecule has 0 bridgehead atoms. The van der Waals surface area contributed by atoms with E-state index >= 15 is 0 Å². The fraction of sp³-hybridized carbons (Fsp3) is 0.222. The molecule has 2 amide bonds. The minimum absolute atomic E-state index is 0.00635. The van der Waals surface area contributed by atoms with E-state index in [9.17, 15) is 9.59 Å². The molecule has 2 N–H and O–H groups in total. The third kappa shape index (κ3) is 4.10. The number of amides is 2. The van der Waals surface area contributed by atoms with E-state index in [4.69, 9.17) is 4.74 Å². The van der Waals surface area contributed by atoms with E-state index < -0.39 is 0 Å². The number of rotatable bonds is 5. The molecule has 0 radical (unpaired) electrons. The Morgan fingerprint density at radius 1 is 1.13 bits per heavy atom. The highest BCUT2D eigenvalue weighted by atomic mass is 16.5. The minimum Gasteiger partial charge on any atom is -0.482 e. The predicted molar refractivity (Wildman–Crippen MR) is 87.2 cm³/mol. The van der Waals surface area contributed by atoms with Crippen LogP contribution in [-0.2, 0) is 22.6 Å². The second-order valence-electron chi connectivity index (χ2n) is 5.43. The van der Waals surface area contributed by atoms with Crippen molar-refractivity contribution in [3.8, 4) is 5.75 Å². The molecule has 0 saturated carbocycles. The van der Waals surface area contributed by atoms with E-state index in [1.165, 1.54) is 0 Å². The molecule has 3 rings (SSSR count). The number of ether oxygens (including phenoxy) is 1. The molecule has 1 aliphatic rings. The number of benzene rings is 2. The van der Waals surface area contributed by atoms with Gasteiger partial charge in [-0.1, -0.05) is 36.4 Å². The summed E-state index contributed by atoms with van der Waals surface area (Å²) in [7, 11) is 0. The molecular formula is C18H18N2O3. The number of hydrogen-bond acceptors (Lipinski definition) is 3. The summed E-state index contributed by atoms with van der Waals surface area (Å²) in [5.74, 6) is 0.497. The van der Waals surface area contributed by atoms with Crippen molar-refractivity contribution in [2.24, 2.45) is 0 Å². The Labute approximate surface area is 134 Å². The molecule has 0 aromatic heterocycles. The molecule has 2 aromatic carbocycles. The number of nitrogens with one attached hydrogen (secondary N) is 2. The lowest BCUT2D eigenvalue weighted by Crippen LogP contribution is -2.26. The fourth-order valence-electron chi connectivity index (χ4n) is 2.43. The standard InChI is InChI=1S/C18H18N2O3/c21-17(9-7-13-4-2-1-3-5-13)19-11-14-6-8-16-15(10-14)20-18(22)12-23-16/h1-6,8,10H,7,9,11-12H2,(H,19,21)(H,20,22). The molecule has 5 heteroatoms. The topological polar surface area (TPSA) is 67.4 Å². The lowest BCUT2D eigenvalue weighted by atomic mass is 10.1. The number of carbonyl (C=O) groups excluding carboxylic acids is 2. The third-order valence-electron chi connectivity index (χ3n) is 3.65. The highest BCUT2D eigenvalue weighted by Crippen LogP contribution is 2.28. The summed E-state index contributed by atoms with van der Waals surface area (Å²) in [6.45, 7) is 0.472. The van der Waals surface area contributed by atoms with E-state index in [0.717, 1.165) is 17.5 Å². The van der Waals surface area contributed by atoms with Crippen LogP contribution in [0.5, 0.6) is 5.75 Å². The summed E-state index contributed by atoms with van der Waals surface area (Å²) < 4.78 is 5.30. The van der Waals surface area contributed by atoms with Crippen LogP contribution in [0, 0.1) is 0 Å². The summed E-state index contributed by atoms with van der Waals surface area (Å²) in [5.41, 5.74) is 2.72. The number of carbonyl (C=O) groups is 2. The number of aryl methyl sites for hydroxylation is 1. The van der Waals surface area contributed by atoms with Crippen LogP contribution in [0.2, 0.25) is 0 Å². The summed E-state index contributed by atoms with van der Waals surface area (Å²) >= 11 is 0. The van der Waals surface area contributed by atoms with Gasteiger partial charge in [0.15, 0.2) is 6.61 Å². The summed E-state index contributed by atoms with van der Waals surface area (Å²) in [6, 6.07) is 15.4. The van der Waals surface area contributed by atoms with Crippen LogP contribution in [0.4, 0.5) is 5.69 Å². The van der Waals surface area contributed by atoms with E-state index in [1.54, 1.807) is 6.07 Å². The van der Waals surface area contributed by atoms with Crippen LogP contribution in [0.15, 0.2) is 48.5 Å². The lowest BCUT2D eigenvalue weighted by Gasteiger charge is -2.18. The predicted octanol–water partition coefficient (Wildman–Crippen LogP) is 2.27. The molecule has 0 spiro atoms. The Kier molecular flexibility index (Phi) is 4.57. The van der Waals surface area contributed by atoms with Crippen molar-refractivity contribution in [1.29, 1.82) is 0 Å². The maximum atomic E-state index is 11.9. The molecule has 2 aromatic rings. The van der Waals surface area contributed by atoms with Crippen LogP contribution in [-0.4, -0.2) is 18.4 Å². The summed E-state index contributed by atoms with van der Waals surface area (Å²) in [6.07, 6.45) is 1.18. The first-order chi connectivity index (χ1) is 11.2. The molecule has 23 heavy (non-hydrogen) atoms. The molecule has 5 nitrogen and oxygen atoms in total. The first kappa shape index (κ1) is 15.1. The molecule has 0 atom stereocenters. The highest BCUT2D eigenvalue weighted by Gasteiger charge is 2.15. The van der Waals surface area contributed by atoms with Gasteiger partial charge in [0.25, 0.3) is 5.91 Å². The zero-order chi connectivity index (χ0) is 16.1. The van der Waals surface area contributed by atoms with E-state index in [-0.39, 0.29) is 18.4 Å². The summed E-state index contributed by atoms with van der Waals surface area (Å²) in [5, 5.41) is 5.65. The largest absolute Gasteiger partial charge is 0.482 e. The Balaban J connectivity index is 1.51. The van der Waals surface area contributed by atoms with Crippen molar-refractivity contribution in [1.82, 2.24) is 5.32 Å². The van der Waals surface area contributed by atoms with E-state index in [0.29, 0.717) is 24.4 Å². The van der Waals surface area contributed by atoms with Crippen LogP contribution >= 0.6 is 0 Å². The van der Waals surface area contributed by atoms with E-state index in [2.05, 4.69) is 10.6 Å². The SMILES string of the molecule is O=C(CCc1ccccc1)NCc1ccc2c(c1)NC(=O)CO2. The average molecular weight is 310 g/mol. The number of anilines is 1. The molecule has 0 fully saturated rings. The van der Waals surface area contributed by atoms with Crippen molar-refractivity contribution in [3.05, 3.63) is 59.7 Å². The van der Waals surface area contributed by atoms with Gasteiger partial charge in [0.2, 0.25) is 5.91 Å². The second kappa shape index (κ2) is 6.96. The lowest BCUT2D eigenvalue weighted by molar-refractivity contribution is -0.121. The minimum atomic E-state index is -0.165. The van der Waals surface area contributed by atoms with Gasteiger partial charge < -0.3 is 15.4 Å². The molecule has 0 unspecified atom stereocenters. The Morgan fingerprint density at radius 3 is 2.78 bits per heavy atom. The van der Waals surface area contributed by atoms with Crippen molar-refractivity contribution < 1.29 is 14.3 Å². The zero-order valence-corrected chi connectivity index (χ0v) is 12.7. The van der Waals surface area contributed by atoms with Crippen LogP contribution < -0.4 is 15.4 Å². The molecule has 0 saturated heterocycles. The second-order valence-corrected chi connectivity index (χ2v) is 5.43. The molecule has 1 heterocycles. The smallest absolute Gasteiger partial charge is 0.262 e. The van der Waals surface area contributed by atoms with Crippen LogP contribution in [0.1, 0.15) is 17.5 Å². The first-order valence-electron chi connectivity index (χ1n) is 7.57. The van der Waals surface area contributed by atoms with Crippen molar-refractivity contribution in [2.75, 3.05) is 11.9 Å². The summed E-state index contributed by atoms with van der Waals surface area (Å²) in [4.78, 5) is 23.2. The van der Waals surface area contributed by atoms with Gasteiger partial charge >= 0.3 is 0 Å². The van der Waals surface area contributed by atoms with Crippen molar-refractivity contribution in [3.63, 3.8) is 0 Å². The Hall–Kier alpha value is -2.82. The van der Waals surface area contributed by atoms with Crippen LogP contribution in [0.25, 0.3) is 0 Å². The van der Waals surface area contributed by atoms with Gasteiger partial charge in [-0.05, 0) is 29.7 Å². The van der Waals surface area contributed by atoms with Crippen molar-refractivity contribution in [2.45, 2.75) is 19.4 Å².